The molecule has 0 aromatic heterocycles. The van der Waals surface area contributed by atoms with Gasteiger partial charge in [-0.15, -0.1) is 0 Å². The lowest BCUT2D eigenvalue weighted by Gasteiger charge is -2.21. The first-order chi connectivity index (χ1) is 12.3. The number of aryl methyl sites for hydroxylation is 2. The number of halogens is 1. The third kappa shape index (κ3) is 5.15. The van der Waals surface area contributed by atoms with Gasteiger partial charge in [0.1, 0.15) is 11.9 Å². The zero-order chi connectivity index (χ0) is 19.3. The molecule has 0 saturated carbocycles. The molecule has 2 N–H and O–H groups in total. The molecule has 2 aromatic rings. The van der Waals surface area contributed by atoms with Crippen molar-refractivity contribution in [2.75, 3.05) is 5.32 Å². The first-order valence-electron chi connectivity index (χ1n) is 8.71. The minimum atomic E-state index is -0.702. The van der Waals surface area contributed by atoms with Gasteiger partial charge in [-0.25, -0.2) is 4.39 Å². The Labute approximate surface area is 153 Å². The highest BCUT2D eigenvalue weighted by Gasteiger charge is 2.23. The van der Waals surface area contributed by atoms with Crippen LogP contribution in [0, 0.1) is 25.6 Å². The van der Waals surface area contributed by atoms with Crippen LogP contribution in [0.15, 0.2) is 42.5 Å². The molecule has 2 amide bonds. The van der Waals surface area contributed by atoms with E-state index in [2.05, 4.69) is 10.6 Å². The second kappa shape index (κ2) is 8.61. The van der Waals surface area contributed by atoms with Gasteiger partial charge in [0, 0.05) is 11.3 Å². The zero-order valence-corrected chi connectivity index (χ0v) is 15.6. The Morgan fingerprint density at radius 1 is 1.04 bits per heavy atom. The molecule has 26 heavy (non-hydrogen) atoms. The summed E-state index contributed by atoms with van der Waals surface area (Å²) in [7, 11) is 0. The lowest BCUT2D eigenvalue weighted by atomic mass is 10.0. The van der Waals surface area contributed by atoms with Gasteiger partial charge in [0.25, 0.3) is 5.91 Å². The molecular formula is C21H25FN2O2. The molecule has 0 saturated heterocycles. The molecule has 0 heterocycles. The van der Waals surface area contributed by atoms with Gasteiger partial charge in [-0.05, 0) is 55.5 Å². The molecule has 138 valence electrons. The summed E-state index contributed by atoms with van der Waals surface area (Å²) in [6, 6.07) is 11.0. The summed E-state index contributed by atoms with van der Waals surface area (Å²) in [5.41, 5.74) is 2.26. The standard InChI is InChI=1S/C21H25FN2O2/c1-13(2)11-19(24-20(25)17-8-6-5-7-14(17)3)21(26)23-16-10-9-15(4)18(22)12-16/h5-10,12-13,19H,11H2,1-4H3,(H,23,26)(H,24,25). The average Bonchev–Trinajstić information content (AvgIpc) is 2.57. The maximum atomic E-state index is 13.7. The van der Waals surface area contributed by atoms with Crippen molar-refractivity contribution in [3.8, 4) is 0 Å². The van der Waals surface area contributed by atoms with E-state index in [1.54, 1.807) is 31.2 Å². The largest absolute Gasteiger partial charge is 0.340 e. The van der Waals surface area contributed by atoms with Crippen LogP contribution in [-0.4, -0.2) is 17.9 Å². The van der Waals surface area contributed by atoms with Crippen molar-refractivity contribution in [1.29, 1.82) is 0 Å². The van der Waals surface area contributed by atoms with E-state index >= 15 is 0 Å². The molecule has 0 aliphatic carbocycles. The van der Waals surface area contributed by atoms with Gasteiger partial charge < -0.3 is 10.6 Å². The summed E-state index contributed by atoms with van der Waals surface area (Å²) in [6.07, 6.45) is 0.484. The second-order valence-corrected chi connectivity index (χ2v) is 6.92. The van der Waals surface area contributed by atoms with Gasteiger partial charge in [0.15, 0.2) is 0 Å². The van der Waals surface area contributed by atoms with Crippen molar-refractivity contribution in [3.63, 3.8) is 0 Å². The molecule has 0 radical (unpaired) electrons. The molecule has 0 spiro atoms. The van der Waals surface area contributed by atoms with Crippen LogP contribution < -0.4 is 10.6 Å². The fraction of sp³-hybridized carbons (Fsp3) is 0.333. The Balaban J connectivity index is 2.15. The van der Waals surface area contributed by atoms with Crippen LogP contribution in [-0.2, 0) is 4.79 Å². The topological polar surface area (TPSA) is 58.2 Å². The number of hydrogen-bond donors (Lipinski definition) is 2. The molecule has 0 fully saturated rings. The van der Waals surface area contributed by atoms with Crippen LogP contribution in [0.25, 0.3) is 0 Å². The molecule has 5 heteroatoms. The van der Waals surface area contributed by atoms with E-state index in [0.29, 0.717) is 23.2 Å². The summed E-state index contributed by atoms with van der Waals surface area (Å²) >= 11 is 0. The van der Waals surface area contributed by atoms with E-state index in [4.69, 9.17) is 0 Å². The number of amides is 2. The van der Waals surface area contributed by atoms with Crippen molar-refractivity contribution < 1.29 is 14.0 Å². The highest BCUT2D eigenvalue weighted by Crippen LogP contribution is 2.16. The third-order valence-corrected chi connectivity index (χ3v) is 4.16. The van der Waals surface area contributed by atoms with E-state index in [1.165, 1.54) is 6.07 Å². The SMILES string of the molecule is Cc1ccc(NC(=O)C(CC(C)C)NC(=O)c2ccccc2C)cc1F. The number of nitrogens with one attached hydrogen (secondary N) is 2. The number of carbonyl (C=O) groups is 2. The minimum Gasteiger partial charge on any atom is -0.340 e. The van der Waals surface area contributed by atoms with Crippen LogP contribution >= 0.6 is 0 Å². The predicted molar refractivity (Wildman–Crippen MR) is 102 cm³/mol. The van der Waals surface area contributed by atoms with Gasteiger partial charge in [-0.2, -0.15) is 0 Å². The number of hydrogen-bond acceptors (Lipinski definition) is 2. The van der Waals surface area contributed by atoms with Crippen LogP contribution in [0.1, 0.15) is 41.8 Å². The Bertz CT molecular complexity index is 802. The average molecular weight is 356 g/mol. The quantitative estimate of drug-likeness (QED) is 0.814. The molecule has 0 aliphatic rings. The predicted octanol–water partition coefficient (Wildman–Crippen LogP) is 4.23. The number of rotatable bonds is 6. The number of anilines is 1. The summed E-state index contributed by atoms with van der Waals surface area (Å²) in [4.78, 5) is 25.2. The van der Waals surface area contributed by atoms with Gasteiger partial charge in [-0.1, -0.05) is 38.1 Å². The van der Waals surface area contributed by atoms with Crippen molar-refractivity contribution in [2.24, 2.45) is 5.92 Å². The van der Waals surface area contributed by atoms with Crippen LogP contribution in [0.5, 0.6) is 0 Å². The minimum absolute atomic E-state index is 0.206. The number of carbonyl (C=O) groups excluding carboxylic acids is 2. The van der Waals surface area contributed by atoms with Gasteiger partial charge in [-0.3, -0.25) is 9.59 Å². The summed E-state index contributed by atoms with van der Waals surface area (Å²) < 4.78 is 13.7. The van der Waals surface area contributed by atoms with Crippen LogP contribution in [0.2, 0.25) is 0 Å². The van der Waals surface area contributed by atoms with Crippen molar-refractivity contribution in [2.45, 2.75) is 40.2 Å². The van der Waals surface area contributed by atoms with Crippen molar-refractivity contribution >= 4 is 17.5 Å². The molecule has 4 nitrogen and oxygen atoms in total. The monoisotopic (exact) mass is 356 g/mol. The van der Waals surface area contributed by atoms with E-state index in [1.807, 2.05) is 32.9 Å². The second-order valence-electron chi connectivity index (χ2n) is 6.92. The van der Waals surface area contributed by atoms with E-state index in [0.717, 1.165) is 5.56 Å². The molecule has 0 bridgehead atoms. The smallest absolute Gasteiger partial charge is 0.252 e. The van der Waals surface area contributed by atoms with Crippen LogP contribution in [0.3, 0.4) is 0 Å². The lowest BCUT2D eigenvalue weighted by Crippen LogP contribution is -2.44. The van der Waals surface area contributed by atoms with E-state index < -0.39 is 6.04 Å². The fourth-order valence-corrected chi connectivity index (χ4v) is 2.67. The zero-order valence-electron chi connectivity index (χ0n) is 15.6. The summed E-state index contributed by atoms with van der Waals surface area (Å²) in [5.74, 6) is -0.826. The van der Waals surface area contributed by atoms with Crippen molar-refractivity contribution in [3.05, 3.63) is 65.0 Å². The maximum absolute atomic E-state index is 13.7. The Hall–Kier alpha value is -2.69. The molecule has 1 unspecified atom stereocenters. The molecule has 2 aromatic carbocycles. The normalized spacial score (nSPS) is 11.9. The van der Waals surface area contributed by atoms with Gasteiger partial charge in [0.2, 0.25) is 5.91 Å². The van der Waals surface area contributed by atoms with Crippen LogP contribution in [0.4, 0.5) is 10.1 Å². The maximum Gasteiger partial charge on any atom is 0.252 e. The Morgan fingerprint density at radius 2 is 1.73 bits per heavy atom. The highest BCUT2D eigenvalue weighted by atomic mass is 19.1. The van der Waals surface area contributed by atoms with Gasteiger partial charge in [0.05, 0.1) is 0 Å². The Morgan fingerprint density at radius 3 is 2.35 bits per heavy atom. The van der Waals surface area contributed by atoms with Crippen molar-refractivity contribution in [1.82, 2.24) is 5.32 Å². The molecule has 0 aliphatic heterocycles. The van der Waals surface area contributed by atoms with Gasteiger partial charge >= 0.3 is 0 Å². The third-order valence-electron chi connectivity index (χ3n) is 4.16. The van der Waals surface area contributed by atoms with E-state index in [-0.39, 0.29) is 23.5 Å². The first kappa shape index (κ1) is 19.6. The molecule has 2 rings (SSSR count). The van der Waals surface area contributed by atoms with E-state index in [9.17, 15) is 14.0 Å². The lowest BCUT2D eigenvalue weighted by molar-refractivity contribution is -0.118. The summed E-state index contributed by atoms with van der Waals surface area (Å²) in [6.45, 7) is 7.46. The fourth-order valence-electron chi connectivity index (χ4n) is 2.67. The first-order valence-corrected chi connectivity index (χ1v) is 8.71. The molecule has 1 atom stereocenters. The Kier molecular flexibility index (Phi) is 6.50. The summed E-state index contributed by atoms with van der Waals surface area (Å²) in [5, 5.41) is 5.50. The number of benzene rings is 2. The molecular weight excluding hydrogens is 331 g/mol. The highest BCUT2D eigenvalue weighted by molar-refractivity contribution is 6.01.